The van der Waals surface area contributed by atoms with Crippen LogP contribution in [0.25, 0.3) is 0 Å². The summed E-state index contributed by atoms with van der Waals surface area (Å²) in [7, 11) is -0.716. The SMILES string of the molecule is O=C(O)/C=C/N1CCCS(=O)CC1. The van der Waals surface area contributed by atoms with Gasteiger partial charge in [-0.25, -0.2) is 4.79 Å². The Morgan fingerprint density at radius 1 is 1.38 bits per heavy atom. The van der Waals surface area contributed by atoms with E-state index in [1.54, 1.807) is 6.20 Å². The molecule has 1 heterocycles. The molecule has 1 N–H and O–H groups in total. The molecule has 5 heteroatoms. The van der Waals surface area contributed by atoms with Gasteiger partial charge in [0.1, 0.15) is 0 Å². The molecule has 0 aromatic rings. The normalized spacial score (nSPS) is 24.6. The predicted octanol–water partition coefficient (Wildman–Crippen LogP) is 0.0391. The van der Waals surface area contributed by atoms with E-state index in [9.17, 15) is 9.00 Å². The van der Waals surface area contributed by atoms with Crippen molar-refractivity contribution in [1.29, 1.82) is 0 Å². The van der Waals surface area contributed by atoms with Gasteiger partial charge in [-0.1, -0.05) is 0 Å². The fourth-order valence-electron chi connectivity index (χ4n) is 1.18. The molecular weight excluding hydrogens is 190 g/mol. The highest BCUT2D eigenvalue weighted by molar-refractivity contribution is 7.85. The van der Waals surface area contributed by atoms with Gasteiger partial charge in [-0.3, -0.25) is 4.21 Å². The third-order valence-corrected chi connectivity index (χ3v) is 3.23. The van der Waals surface area contributed by atoms with Gasteiger partial charge in [-0.05, 0) is 6.42 Å². The second kappa shape index (κ2) is 5.01. The first-order valence-corrected chi connectivity index (χ1v) is 5.67. The van der Waals surface area contributed by atoms with Crippen molar-refractivity contribution >= 4 is 16.8 Å². The Kier molecular flexibility index (Phi) is 3.95. The monoisotopic (exact) mass is 203 g/mol. The summed E-state index contributed by atoms with van der Waals surface area (Å²) in [6.07, 6.45) is 3.55. The third-order valence-electron chi connectivity index (χ3n) is 1.85. The maximum Gasteiger partial charge on any atom is 0.329 e. The van der Waals surface area contributed by atoms with Crippen LogP contribution in [0.1, 0.15) is 6.42 Å². The largest absolute Gasteiger partial charge is 0.478 e. The Labute approximate surface area is 79.7 Å². The quantitative estimate of drug-likeness (QED) is 0.644. The fraction of sp³-hybridized carbons (Fsp3) is 0.625. The Morgan fingerprint density at radius 2 is 2.15 bits per heavy atom. The molecule has 0 amide bonds. The van der Waals surface area contributed by atoms with Crippen molar-refractivity contribution in [2.45, 2.75) is 6.42 Å². The first kappa shape index (κ1) is 10.2. The summed E-state index contributed by atoms with van der Waals surface area (Å²) in [5.41, 5.74) is 0. The molecule has 0 bridgehead atoms. The van der Waals surface area contributed by atoms with Crippen LogP contribution in [0.15, 0.2) is 12.3 Å². The average molecular weight is 203 g/mol. The summed E-state index contributed by atoms with van der Waals surface area (Å²) >= 11 is 0. The summed E-state index contributed by atoms with van der Waals surface area (Å²) in [5.74, 6) is 0.437. The van der Waals surface area contributed by atoms with Crippen LogP contribution in [0.3, 0.4) is 0 Å². The highest BCUT2D eigenvalue weighted by Crippen LogP contribution is 2.01. The second-order valence-corrected chi connectivity index (χ2v) is 4.59. The van der Waals surface area contributed by atoms with Crippen LogP contribution in [0, 0.1) is 0 Å². The summed E-state index contributed by atoms with van der Waals surface area (Å²) in [4.78, 5) is 12.1. The van der Waals surface area contributed by atoms with Gasteiger partial charge in [0, 0.05) is 47.7 Å². The van der Waals surface area contributed by atoms with E-state index in [1.807, 2.05) is 4.90 Å². The van der Waals surface area contributed by atoms with Gasteiger partial charge in [-0.2, -0.15) is 0 Å². The highest BCUT2D eigenvalue weighted by Gasteiger charge is 2.09. The van der Waals surface area contributed by atoms with Crippen LogP contribution < -0.4 is 0 Å². The Balaban J connectivity index is 2.42. The van der Waals surface area contributed by atoms with Crippen LogP contribution >= 0.6 is 0 Å². The van der Waals surface area contributed by atoms with Gasteiger partial charge in [0.2, 0.25) is 0 Å². The first-order valence-electron chi connectivity index (χ1n) is 4.18. The van der Waals surface area contributed by atoms with Crippen molar-refractivity contribution in [3.8, 4) is 0 Å². The molecule has 0 saturated carbocycles. The number of rotatable bonds is 2. The Bertz CT molecular complexity index is 240. The number of carbonyl (C=O) groups is 1. The first-order chi connectivity index (χ1) is 6.18. The van der Waals surface area contributed by atoms with Gasteiger partial charge in [0.25, 0.3) is 0 Å². The van der Waals surface area contributed by atoms with E-state index in [0.29, 0.717) is 12.3 Å². The molecule has 1 atom stereocenters. The van der Waals surface area contributed by atoms with Crippen molar-refractivity contribution in [1.82, 2.24) is 4.90 Å². The summed E-state index contributed by atoms with van der Waals surface area (Å²) in [6, 6.07) is 0. The topological polar surface area (TPSA) is 57.6 Å². The number of carboxylic acid groups (broad SMARTS) is 1. The Morgan fingerprint density at radius 3 is 2.85 bits per heavy atom. The van der Waals surface area contributed by atoms with Gasteiger partial charge >= 0.3 is 5.97 Å². The molecule has 1 fully saturated rings. The lowest BCUT2D eigenvalue weighted by molar-refractivity contribution is -0.131. The zero-order chi connectivity index (χ0) is 9.68. The van der Waals surface area contributed by atoms with Crippen molar-refractivity contribution < 1.29 is 14.1 Å². The molecule has 1 unspecified atom stereocenters. The molecular formula is C8H13NO3S. The third kappa shape index (κ3) is 4.07. The minimum absolute atomic E-state index is 0.643. The Hall–Kier alpha value is -0.840. The number of carboxylic acids is 1. The van der Waals surface area contributed by atoms with Crippen LogP contribution in [0.5, 0.6) is 0 Å². The lowest BCUT2D eigenvalue weighted by atomic mass is 10.4. The molecule has 1 aliphatic rings. The number of nitrogens with zero attached hydrogens (tertiary/aromatic N) is 1. The van der Waals surface area contributed by atoms with Crippen LogP contribution in [-0.2, 0) is 15.6 Å². The molecule has 74 valence electrons. The molecule has 0 aromatic heterocycles. The number of aliphatic carboxylic acids is 1. The molecule has 0 spiro atoms. The van der Waals surface area contributed by atoms with Crippen molar-refractivity contribution in [2.75, 3.05) is 24.6 Å². The van der Waals surface area contributed by atoms with Gasteiger partial charge < -0.3 is 10.0 Å². The second-order valence-electron chi connectivity index (χ2n) is 2.89. The van der Waals surface area contributed by atoms with Crippen molar-refractivity contribution in [2.24, 2.45) is 0 Å². The van der Waals surface area contributed by atoms with Gasteiger partial charge in [0.05, 0.1) is 0 Å². The van der Waals surface area contributed by atoms with E-state index in [0.717, 1.165) is 24.8 Å². The van der Waals surface area contributed by atoms with E-state index in [2.05, 4.69) is 0 Å². The zero-order valence-electron chi connectivity index (χ0n) is 7.31. The van der Waals surface area contributed by atoms with E-state index >= 15 is 0 Å². The summed E-state index contributed by atoms with van der Waals surface area (Å²) in [5, 5.41) is 8.39. The van der Waals surface area contributed by atoms with Gasteiger partial charge in [0.15, 0.2) is 0 Å². The smallest absolute Gasteiger partial charge is 0.329 e. The molecule has 1 rings (SSSR count). The number of hydrogen-bond acceptors (Lipinski definition) is 3. The molecule has 0 aromatic carbocycles. The minimum atomic E-state index is -0.939. The van der Waals surface area contributed by atoms with Crippen molar-refractivity contribution in [3.05, 3.63) is 12.3 Å². The van der Waals surface area contributed by atoms with E-state index in [-0.39, 0.29) is 0 Å². The fourth-order valence-corrected chi connectivity index (χ4v) is 2.27. The average Bonchev–Trinajstić information content (AvgIpc) is 2.27. The maximum atomic E-state index is 11.1. The molecule has 0 aliphatic carbocycles. The van der Waals surface area contributed by atoms with Crippen molar-refractivity contribution in [3.63, 3.8) is 0 Å². The van der Waals surface area contributed by atoms with E-state index < -0.39 is 16.8 Å². The molecule has 13 heavy (non-hydrogen) atoms. The minimum Gasteiger partial charge on any atom is -0.478 e. The van der Waals surface area contributed by atoms with Crippen LogP contribution in [-0.4, -0.2) is 44.8 Å². The molecule has 4 nitrogen and oxygen atoms in total. The maximum absolute atomic E-state index is 11.1. The molecule has 1 aliphatic heterocycles. The van der Waals surface area contributed by atoms with E-state index in [4.69, 9.17) is 5.11 Å². The molecule has 0 radical (unpaired) electrons. The van der Waals surface area contributed by atoms with Crippen LogP contribution in [0.2, 0.25) is 0 Å². The lowest BCUT2D eigenvalue weighted by Gasteiger charge is -2.15. The summed E-state index contributed by atoms with van der Waals surface area (Å²) < 4.78 is 11.1. The summed E-state index contributed by atoms with van der Waals surface area (Å²) in [6.45, 7) is 1.49. The number of hydrogen-bond donors (Lipinski definition) is 1. The predicted molar refractivity (Wildman–Crippen MR) is 50.8 cm³/mol. The highest BCUT2D eigenvalue weighted by atomic mass is 32.2. The zero-order valence-corrected chi connectivity index (χ0v) is 8.13. The standard InChI is InChI=1S/C8H13NO3S/c10-8(11)2-4-9-3-1-6-13(12)7-5-9/h2,4H,1,3,5-7H2,(H,10,11)/b4-2+. The van der Waals surface area contributed by atoms with Gasteiger partial charge in [-0.15, -0.1) is 0 Å². The lowest BCUT2D eigenvalue weighted by Crippen LogP contribution is -2.20. The van der Waals surface area contributed by atoms with Crippen LogP contribution in [0.4, 0.5) is 0 Å². The molecule has 1 saturated heterocycles. The van der Waals surface area contributed by atoms with E-state index in [1.165, 1.54) is 0 Å².